The monoisotopic (exact) mass is 258 g/mol. The molecular weight excluding hydrogens is 244 g/mol. The van der Waals surface area contributed by atoms with Gasteiger partial charge in [0.25, 0.3) is 5.89 Å². The molecule has 19 heavy (non-hydrogen) atoms. The van der Waals surface area contributed by atoms with Gasteiger partial charge in [-0.15, -0.1) is 10.2 Å². The summed E-state index contributed by atoms with van der Waals surface area (Å²) in [5.41, 5.74) is 1.88. The number of rotatable bonds is 4. The Kier molecular flexibility index (Phi) is 3.03. The van der Waals surface area contributed by atoms with Gasteiger partial charge < -0.3 is 9.15 Å². The van der Waals surface area contributed by atoms with Gasteiger partial charge in [0.05, 0.1) is 0 Å². The molecule has 1 aromatic carbocycles. The average Bonchev–Trinajstić information content (AvgIpc) is 3.03. The first-order valence-corrected chi connectivity index (χ1v) is 6.36. The van der Waals surface area contributed by atoms with Crippen molar-refractivity contribution in [3.05, 3.63) is 41.1 Å². The minimum Gasteiger partial charge on any atom is -0.484 e. The van der Waals surface area contributed by atoms with Gasteiger partial charge in [0.2, 0.25) is 5.89 Å². The molecule has 0 saturated heterocycles. The fourth-order valence-electron chi connectivity index (χ4n) is 2.16. The van der Waals surface area contributed by atoms with Crippen molar-refractivity contribution in [2.24, 2.45) is 0 Å². The number of ether oxygens (including phenoxy) is 1. The van der Waals surface area contributed by atoms with E-state index in [9.17, 15) is 4.79 Å². The summed E-state index contributed by atoms with van der Waals surface area (Å²) in [6.07, 6.45) is 2.11. The van der Waals surface area contributed by atoms with Gasteiger partial charge in [-0.2, -0.15) is 0 Å². The number of Topliss-reactive ketones (excluding diaryl/α,β-unsaturated/α-hetero) is 1. The summed E-state index contributed by atoms with van der Waals surface area (Å²) in [5, 5.41) is 7.76. The van der Waals surface area contributed by atoms with Crippen molar-refractivity contribution >= 4 is 5.78 Å². The largest absolute Gasteiger partial charge is 0.484 e. The molecule has 0 spiro atoms. The summed E-state index contributed by atoms with van der Waals surface area (Å²) < 4.78 is 11.0. The van der Waals surface area contributed by atoms with Crippen LogP contribution in [0.3, 0.4) is 0 Å². The predicted molar refractivity (Wildman–Crippen MR) is 67.1 cm³/mol. The fraction of sp³-hybridized carbons (Fsp3) is 0.357. The van der Waals surface area contributed by atoms with Crippen LogP contribution in [0.25, 0.3) is 0 Å². The number of carbonyl (C=O) groups excluding carboxylic acids is 1. The van der Waals surface area contributed by atoms with Crippen LogP contribution in [0.2, 0.25) is 0 Å². The Hall–Kier alpha value is -2.17. The number of fused-ring (bicyclic) bond motifs is 1. The van der Waals surface area contributed by atoms with Crippen molar-refractivity contribution in [1.29, 1.82) is 0 Å². The van der Waals surface area contributed by atoms with Gasteiger partial charge in [-0.25, -0.2) is 0 Å². The van der Waals surface area contributed by atoms with Crippen LogP contribution in [0.15, 0.2) is 22.6 Å². The highest BCUT2D eigenvalue weighted by atomic mass is 16.5. The van der Waals surface area contributed by atoms with Crippen LogP contribution in [0.5, 0.6) is 5.75 Å². The number of nitrogens with zero attached hydrogens (tertiary/aromatic N) is 2. The van der Waals surface area contributed by atoms with Crippen molar-refractivity contribution < 1.29 is 13.9 Å². The second-order valence-electron chi connectivity index (χ2n) is 4.47. The number of hydrogen-bond donors (Lipinski definition) is 0. The van der Waals surface area contributed by atoms with E-state index in [1.165, 1.54) is 0 Å². The maximum Gasteiger partial charge on any atom is 0.253 e. The number of aromatic nitrogens is 2. The van der Waals surface area contributed by atoms with E-state index >= 15 is 0 Å². The lowest BCUT2D eigenvalue weighted by Gasteiger charge is -2.05. The number of ketones is 1. The van der Waals surface area contributed by atoms with Gasteiger partial charge in [-0.1, -0.05) is 6.92 Å². The third-order valence-corrected chi connectivity index (χ3v) is 3.17. The molecule has 1 aliphatic rings. The molecule has 0 aliphatic heterocycles. The first-order chi connectivity index (χ1) is 9.26. The molecule has 5 nitrogen and oxygen atoms in total. The van der Waals surface area contributed by atoms with E-state index < -0.39 is 0 Å². The molecule has 0 amide bonds. The molecule has 0 fully saturated rings. The molecule has 5 heteroatoms. The topological polar surface area (TPSA) is 65.2 Å². The smallest absolute Gasteiger partial charge is 0.253 e. The van der Waals surface area contributed by atoms with Crippen LogP contribution in [0.1, 0.15) is 41.0 Å². The van der Waals surface area contributed by atoms with E-state index in [-0.39, 0.29) is 12.4 Å². The molecule has 1 heterocycles. The highest BCUT2D eigenvalue weighted by molar-refractivity contribution is 6.00. The molecule has 3 rings (SSSR count). The third kappa shape index (κ3) is 2.36. The molecule has 2 aromatic rings. The Morgan fingerprint density at radius 2 is 2.11 bits per heavy atom. The first-order valence-electron chi connectivity index (χ1n) is 6.36. The van der Waals surface area contributed by atoms with Crippen molar-refractivity contribution in [3.63, 3.8) is 0 Å². The lowest BCUT2D eigenvalue weighted by atomic mass is 10.1. The predicted octanol–water partition coefficient (Wildman–Crippen LogP) is 2.34. The molecule has 0 bridgehead atoms. The van der Waals surface area contributed by atoms with E-state index in [0.29, 0.717) is 24.6 Å². The van der Waals surface area contributed by atoms with Gasteiger partial charge in [0.1, 0.15) is 5.75 Å². The minimum atomic E-state index is 0.214. The quantitative estimate of drug-likeness (QED) is 0.842. The minimum absolute atomic E-state index is 0.214. The van der Waals surface area contributed by atoms with Crippen molar-refractivity contribution in [3.8, 4) is 5.75 Å². The highest BCUT2D eigenvalue weighted by Crippen LogP contribution is 2.26. The molecule has 98 valence electrons. The summed E-state index contributed by atoms with van der Waals surface area (Å²) in [7, 11) is 0. The SMILES string of the molecule is CCc1nnc(COc2ccc3c(c2)CCC3=O)o1. The van der Waals surface area contributed by atoms with E-state index in [0.717, 1.165) is 23.3 Å². The molecule has 0 radical (unpaired) electrons. The number of aryl methyl sites for hydroxylation is 2. The summed E-state index contributed by atoms with van der Waals surface area (Å²) >= 11 is 0. The van der Waals surface area contributed by atoms with Crippen LogP contribution >= 0.6 is 0 Å². The van der Waals surface area contributed by atoms with E-state index in [2.05, 4.69) is 10.2 Å². The van der Waals surface area contributed by atoms with Gasteiger partial charge in [0, 0.05) is 18.4 Å². The molecule has 0 saturated carbocycles. The molecule has 0 unspecified atom stereocenters. The van der Waals surface area contributed by atoms with Crippen LogP contribution in [-0.4, -0.2) is 16.0 Å². The number of benzene rings is 1. The zero-order valence-electron chi connectivity index (χ0n) is 10.7. The molecule has 1 aliphatic carbocycles. The fourth-order valence-corrected chi connectivity index (χ4v) is 2.16. The number of carbonyl (C=O) groups is 1. The third-order valence-electron chi connectivity index (χ3n) is 3.17. The highest BCUT2D eigenvalue weighted by Gasteiger charge is 2.19. The summed E-state index contributed by atoms with van der Waals surface area (Å²) in [6, 6.07) is 5.54. The van der Waals surface area contributed by atoms with Crippen molar-refractivity contribution in [2.75, 3.05) is 0 Å². The Morgan fingerprint density at radius 1 is 1.26 bits per heavy atom. The summed E-state index contributed by atoms with van der Waals surface area (Å²) in [4.78, 5) is 11.5. The Labute approximate surface area is 110 Å². The van der Waals surface area contributed by atoms with E-state index in [1.807, 2.05) is 19.1 Å². The van der Waals surface area contributed by atoms with E-state index in [1.54, 1.807) is 6.07 Å². The van der Waals surface area contributed by atoms with Crippen molar-refractivity contribution in [1.82, 2.24) is 10.2 Å². The zero-order chi connectivity index (χ0) is 13.2. The molecule has 0 atom stereocenters. The maximum atomic E-state index is 11.5. The normalized spacial score (nSPS) is 13.6. The molecular formula is C14H14N2O3. The van der Waals surface area contributed by atoms with Crippen LogP contribution < -0.4 is 4.74 Å². The Bertz CT molecular complexity index is 619. The van der Waals surface area contributed by atoms with Crippen LogP contribution in [0, 0.1) is 0 Å². The van der Waals surface area contributed by atoms with Gasteiger partial charge in [-0.05, 0) is 30.2 Å². The van der Waals surface area contributed by atoms with Crippen molar-refractivity contribution in [2.45, 2.75) is 32.8 Å². The summed E-state index contributed by atoms with van der Waals surface area (Å²) in [6.45, 7) is 2.20. The molecule has 1 aromatic heterocycles. The summed E-state index contributed by atoms with van der Waals surface area (Å²) in [5.74, 6) is 2.02. The second-order valence-corrected chi connectivity index (χ2v) is 4.47. The van der Waals surface area contributed by atoms with Crippen LogP contribution in [0.4, 0.5) is 0 Å². The molecule has 0 N–H and O–H groups in total. The Balaban J connectivity index is 1.69. The van der Waals surface area contributed by atoms with Gasteiger partial charge in [-0.3, -0.25) is 4.79 Å². The maximum absolute atomic E-state index is 11.5. The standard InChI is InChI=1S/C14H14N2O3/c1-2-13-15-16-14(19-13)8-18-10-4-5-11-9(7-10)3-6-12(11)17/h4-5,7H,2-3,6,8H2,1H3. The first kappa shape index (κ1) is 11.9. The lowest BCUT2D eigenvalue weighted by Crippen LogP contribution is -1.97. The van der Waals surface area contributed by atoms with Gasteiger partial charge >= 0.3 is 0 Å². The van der Waals surface area contributed by atoms with Gasteiger partial charge in [0.15, 0.2) is 12.4 Å². The average molecular weight is 258 g/mol. The van der Waals surface area contributed by atoms with Crippen LogP contribution in [-0.2, 0) is 19.4 Å². The second kappa shape index (κ2) is 4.84. The lowest BCUT2D eigenvalue weighted by molar-refractivity contribution is 0.0994. The zero-order valence-corrected chi connectivity index (χ0v) is 10.7. The van der Waals surface area contributed by atoms with E-state index in [4.69, 9.17) is 9.15 Å². The Morgan fingerprint density at radius 3 is 2.89 bits per heavy atom. The number of hydrogen-bond acceptors (Lipinski definition) is 5.